The molecule has 3 fully saturated rings. The van der Waals surface area contributed by atoms with E-state index in [4.69, 9.17) is 5.73 Å². The molecule has 0 radical (unpaired) electrons. The third-order valence-corrected chi connectivity index (χ3v) is 14.6. The number of nitrogens with two attached hydrogens (primary N) is 1. The minimum atomic E-state index is -1.81. The lowest BCUT2D eigenvalue weighted by atomic mass is 9.84. The fraction of sp³-hybridized carbons (Fsp3) is 0.784. The van der Waals surface area contributed by atoms with Gasteiger partial charge in [-0.25, -0.2) is 0 Å². The van der Waals surface area contributed by atoms with E-state index in [1.165, 1.54) is 6.92 Å². The van der Waals surface area contributed by atoms with E-state index in [-0.39, 0.29) is 36.5 Å². The van der Waals surface area contributed by atoms with Gasteiger partial charge in [-0.3, -0.25) is 52.7 Å². The molecular formula is C51H85N9O13. The molecule has 0 heterocycles. The van der Waals surface area contributed by atoms with Crippen molar-refractivity contribution in [2.45, 2.75) is 218 Å². The Hall–Kier alpha value is -5.83. The number of carboxylic acid groups (broad SMARTS) is 2. The zero-order chi connectivity index (χ0) is 54.2. The van der Waals surface area contributed by atoms with E-state index in [1.54, 1.807) is 20.8 Å². The Bertz CT molecular complexity index is 1900. The Kier molecular flexibility index (Phi) is 26.7. The van der Waals surface area contributed by atoms with Crippen LogP contribution < -0.4 is 48.3 Å². The molecule has 8 atom stereocenters. The van der Waals surface area contributed by atoms with Crippen molar-refractivity contribution in [3.05, 3.63) is 0 Å². The first-order valence-corrected chi connectivity index (χ1v) is 26.7. The van der Waals surface area contributed by atoms with Crippen molar-refractivity contribution in [1.82, 2.24) is 42.5 Å². The molecule has 0 aromatic heterocycles. The number of aliphatic carboxylic acids is 2. The maximum Gasteiger partial charge on any atom is 0.305 e. The van der Waals surface area contributed by atoms with Gasteiger partial charge >= 0.3 is 11.9 Å². The highest BCUT2D eigenvalue weighted by atomic mass is 16.4. The number of amides is 9. The molecule has 0 aliphatic heterocycles. The second-order valence-electron chi connectivity index (χ2n) is 21.0. The monoisotopic (exact) mass is 1030 g/mol. The van der Waals surface area contributed by atoms with Crippen LogP contribution in [-0.2, 0) is 52.7 Å². The molecule has 0 bridgehead atoms. The van der Waals surface area contributed by atoms with Gasteiger partial charge in [-0.1, -0.05) is 130 Å². The number of nitrogens with one attached hydrogen (secondary N) is 8. The summed E-state index contributed by atoms with van der Waals surface area (Å²) < 4.78 is 0. The summed E-state index contributed by atoms with van der Waals surface area (Å²) in [4.78, 5) is 145. The summed E-state index contributed by atoms with van der Waals surface area (Å²) in [6, 6.07) is -8.98. The third-order valence-electron chi connectivity index (χ3n) is 14.6. The summed E-state index contributed by atoms with van der Waals surface area (Å²) in [5, 5.41) is 40.1. The van der Waals surface area contributed by atoms with E-state index in [0.29, 0.717) is 12.8 Å². The Balaban J connectivity index is 1.79. The molecule has 3 rings (SSSR count). The van der Waals surface area contributed by atoms with E-state index in [0.717, 1.165) is 96.3 Å². The highest BCUT2D eigenvalue weighted by molar-refractivity contribution is 5.98. The Morgan fingerprint density at radius 2 is 0.890 bits per heavy atom. The zero-order valence-electron chi connectivity index (χ0n) is 43.7. The fourth-order valence-electron chi connectivity index (χ4n) is 10.2. The van der Waals surface area contributed by atoms with Gasteiger partial charge in [0.25, 0.3) is 0 Å². The molecule has 3 saturated carbocycles. The minimum Gasteiger partial charge on any atom is -0.481 e. The number of carbonyl (C=O) groups is 11. The van der Waals surface area contributed by atoms with Crippen LogP contribution in [0.25, 0.3) is 0 Å². The van der Waals surface area contributed by atoms with Crippen molar-refractivity contribution in [2.75, 3.05) is 6.54 Å². The normalized spacial score (nSPS) is 18.9. The number of carboxylic acids is 2. The maximum atomic E-state index is 14.3. The first kappa shape index (κ1) is 61.5. The summed E-state index contributed by atoms with van der Waals surface area (Å²) in [5.74, 6) is -10.3. The molecule has 9 amide bonds. The topological polar surface area (TPSA) is 350 Å². The molecular weight excluding hydrogens is 947 g/mol. The van der Waals surface area contributed by atoms with Gasteiger partial charge < -0.3 is 58.5 Å². The van der Waals surface area contributed by atoms with E-state index >= 15 is 0 Å². The molecule has 3 aliphatic rings. The van der Waals surface area contributed by atoms with Crippen LogP contribution in [0.15, 0.2) is 0 Å². The second-order valence-corrected chi connectivity index (χ2v) is 21.0. The fourth-order valence-corrected chi connectivity index (χ4v) is 10.2. The summed E-state index contributed by atoms with van der Waals surface area (Å²) in [6.45, 7) is 7.62. The minimum absolute atomic E-state index is 0.0460. The van der Waals surface area contributed by atoms with Crippen LogP contribution in [0.2, 0.25) is 0 Å². The zero-order valence-corrected chi connectivity index (χ0v) is 43.7. The first-order chi connectivity index (χ1) is 34.6. The van der Waals surface area contributed by atoms with E-state index in [1.807, 2.05) is 6.92 Å². The van der Waals surface area contributed by atoms with Crippen molar-refractivity contribution in [3.63, 3.8) is 0 Å². The lowest BCUT2D eigenvalue weighted by Gasteiger charge is -2.30. The molecule has 0 saturated heterocycles. The summed E-state index contributed by atoms with van der Waals surface area (Å²) in [7, 11) is 0. The molecule has 22 nitrogen and oxygen atoms in total. The lowest BCUT2D eigenvalue weighted by Crippen LogP contribution is -2.60. The van der Waals surface area contributed by atoms with Gasteiger partial charge in [0.1, 0.15) is 42.3 Å². The lowest BCUT2D eigenvalue weighted by molar-refractivity contribution is -0.141. The third kappa shape index (κ3) is 22.4. The number of hydrogen-bond donors (Lipinski definition) is 11. The van der Waals surface area contributed by atoms with Crippen LogP contribution in [0.3, 0.4) is 0 Å². The largest absolute Gasteiger partial charge is 0.481 e. The van der Waals surface area contributed by atoms with Crippen molar-refractivity contribution in [1.29, 1.82) is 0 Å². The van der Waals surface area contributed by atoms with Crippen LogP contribution in [-0.4, -0.2) is 124 Å². The average Bonchev–Trinajstić information content (AvgIpc) is 3.34. The number of hydrogen-bond acceptors (Lipinski definition) is 11. The predicted octanol–water partition coefficient (Wildman–Crippen LogP) is 1.95. The number of rotatable bonds is 30. The molecule has 0 aromatic rings. The van der Waals surface area contributed by atoms with Crippen LogP contribution in [0.1, 0.15) is 176 Å². The van der Waals surface area contributed by atoms with Crippen molar-refractivity contribution in [3.8, 4) is 0 Å². The predicted molar refractivity (Wildman–Crippen MR) is 268 cm³/mol. The molecule has 1 unspecified atom stereocenters. The highest BCUT2D eigenvalue weighted by Crippen LogP contribution is 2.30. The summed E-state index contributed by atoms with van der Waals surface area (Å²) in [6.07, 6.45) is 12.8. The maximum absolute atomic E-state index is 14.3. The average molecular weight is 1030 g/mol. The SMILES string of the molecule is CCC(C)[C@H](NC(=O)[C@H](CC1CCCCC1)NC(=O)CNC(=O)[C@@H](NC(=O)[C@H](CC1CCCCC1)NC(=O)[C@H](CC(=O)O)NC(=O)[C@H](CCC(=O)O)NC(=O)[C@H](CC1CCCCC1)NC(C)=O)C(C)C)C(N)=O. The molecule has 0 spiro atoms. The molecule has 412 valence electrons. The number of carbonyl (C=O) groups excluding carboxylic acids is 9. The molecule has 12 N–H and O–H groups in total. The van der Waals surface area contributed by atoms with Crippen LogP contribution in [0, 0.1) is 29.6 Å². The standard InChI is InChI=1S/C51H85N9O13/c1-6-30(4)44(45(52)67)60-49(71)37(25-33-18-12-8-13-19-33)55-40(62)28-53-51(73)43(29(2)3)59-50(72)38(26-34-20-14-9-15-21-34)57-48(70)39(27-42(65)66)58-46(68)35(22-23-41(63)64)56-47(69)36(54-31(5)61)24-32-16-10-7-11-17-32/h29-30,32-39,43-44H,6-28H2,1-5H3,(H2,52,67)(H,53,73)(H,54,61)(H,55,62)(H,56,69)(H,57,70)(H,58,68)(H,59,72)(H,60,71)(H,63,64)(H,65,66)/t30?,35-,36-,37-,38-,39-,43-,44-/m0/s1. The smallest absolute Gasteiger partial charge is 0.305 e. The van der Waals surface area contributed by atoms with Gasteiger partial charge in [-0.15, -0.1) is 0 Å². The summed E-state index contributed by atoms with van der Waals surface area (Å²) in [5.41, 5.74) is 5.62. The van der Waals surface area contributed by atoms with Crippen LogP contribution in [0.5, 0.6) is 0 Å². The quantitative estimate of drug-likeness (QED) is 0.0491. The van der Waals surface area contributed by atoms with Crippen molar-refractivity contribution >= 4 is 65.1 Å². The Morgan fingerprint density at radius 3 is 1.32 bits per heavy atom. The summed E-state index contributed by atoms with van der Waals surface area (Å²) >= 11 is 0. The molecule has 22 heteroatoms. The first-order valence-electron chi connectivity index (χ1n) is 26.7. The Labute approximate surface area is 429 Å². The molecule has 0 aromatic carbocycles. The van der Waals surface area contributed by atoms with E-state index in [9.17, 15) is 63.0 Å². The van der Waals surface area contributed by atoms with Crippen molar-refractivity contribution in [2.24, 2.45) is 35.3 Å². The van der Waals surface area contributed by atoms with Gasteiger partial charge in [0, 0.05) is 13.3 Å². The van der Waals surface area contributed by atoms with Gasteiger partial charge in [-0.05, 0) is 55.3 Å². The van der Waals surface area contributed by atoms with Gasteiger partial charge in [0.05, 0.1) is 13.0 Å². The molecule has 3 aliphatic carbocycles. The van der Waals surface area contributed by atoms with Crippen molar-refractivity contribution < 1.29 is 63.0 Å². The van der Waals surface area contributed by atoms with E-state index in [2.05, 4.69) is 42.5 Å². The van der Waals surface area contributed by atoms with Crippen LogP contribution in [0.4, 0.5) is 0 Å². The van der Waals surface area contributed by atoms with Gasteiger partial charge in [-0.2, -0.15) is 0 Å². The number of primary amides is 1. The highest BCUT2D eigenvalue weighted by Gasteiger charge is 2.37. The van der Waals surface area contributed by atoms with Crippen LogP contribution >= 0.6 is 0 Å². The van der Waals surface area contributed by atoms with E-state index < -0.39 is 139 Å². The second kappa shape index (κ2) is 31.7. The van der Waals surface area contributed by atoms with Gasteiger partial charge in [0.2, 0.25) is 53.2 Å². The van der Waals surface area contributed by atoms with Gasteiger partial charge in [0.15, 0.2) is 0 Å². The molecule has 73 heavy (non-hydrogen) atoms. The Morgan fingerprint density at radius 1 is 0.493 bits per heavy atom.